The topological polar surface area (TPSA) is 56.3 Å². The Hall–Kier alpha value is -1.88. The van der Waals surface area contributed by atoms with Gasteiger partial charge in [0.15, 0.2) is 5.03 Å². The Morgan fingerprint density at radius 3 is 2.21 bits per heavy atom. The maximum Gasteiger partial charge on any atom is 0.223 e. The number of ether oxygens (including phenoxy) is 1. The quantitative estimate of drug-likeness (QED) is 0.865. The van der Waals surface area contributed by atoms with Gasteiger partial charge < -0.3 is 4.74 Å². The Labute approximate surface area is 113 Å². The Balaban J connectivity index is 2.53. The zero-order chi connectivity index (χ0) is 14.0. The minimum absolute atomic E-state index is 0.00111. The maximum absolute atomic E-state index is 12.4. The zero-order valence-corrected chi connectivity index (χ0v) is 11.9. The molecule has 0 aliphatic rings. The van der Waals surface area contributed by atoms with E-state index >= 15 is 0 Å². The summed E-state index contributed by atoms with van der Waals surface area (Å²) in [7, 11) is -2.13. The molecule has 19 heavy (non-hydrogen) atoms. The van der Waals surface area contributed by atoms with Crippen LogP contribution >= 0.6 is 0 Å². The second-order valence-electron chi connectivity index (χ2n) is 4.29. The second kappa shape index (κ2) is 5.01. The molecule has 0 bridgehead atoms. The third-order valence-electron chi connectivity index (χ3n) is 2.82. The standard InChI is InChI=1S/C14H15NO3S/c1-10-4-7-12(8-5-10)19(16,17)13-9-6-11(2)14(15-13)18-3/h4-9H,1-3H3. The molecule has 0 aliphatic carbocycles. The summed E-state index contributed by atoms with van der Waals surface area (Å²) in [5.74, 6) is 0.327. The molecule has 0 spiro atoms. The first-order chi connectivity index (χ1) is 8.95. The summed E-state index contributed by atoms with van der Waals surface area (Å²) in [6, 6.07) is 9.87. The number of methoxy groups -OCH3 is 1. The molecule has 0 saturated heterocycles. The van der Waals surface area contributed by atoms with Crippen molar-refractivity contribution >= 4 is 9.84 Å². The van der Waals surface area contributed by atoms with Crippen LogP contribution in [-0.4, -0.2) is 20.5 Å². The fraction of sp³-hybridized carbons (Fsp3) is 0.214. The minimum Gasteiger partial charge on any atom is -0.481 e. The Bertz CT molecular complexity index is 691. The monoisotopic (exact) mass is 277 g/mol. The number of sulfone groups is 1. The van der Waals surface area contributed by atoms with Gasteiger partial charge in [0, 0.05) is 5.56 Å². The van der Waals surface area contributed by atoms with Crippen LogP contribution in [0.1, 0.15) is 11.1 Å². The first-order valence-electron chi connectivity index (χ1n) is 5.78. The fourth-order valence-electron chi connectivity index (χ4n) is 1.69. The zero-order valence-electron chi connectivity index (χ0n) is 11.0. The van der Waals surface area contributed by atoms with Crippen LogP contribution in [0.2, 0.25) is 0 Å². The van der Waals surface area contributed by atoms with Gasteiger partial charge in [0.25, 0.3) is 0 Å². The molecule has 0 amide bonds. The van der Waals surface area contributed by atoms with Gasteiger partial charge in [0.1, 0.15) is 0 Å². The molecule has 0 N–H and O–H groups in total. The summed E-state index contributed by atoms with van der Waals surface area (Å²) in [4.78, 5) is 4.28. The third-order valence-corrected chi connectivity index (χ3v) is 4.50. The summed E-state index contributed by atoms with van der Waals surface area (Å²) in [6.07, 6.45) is 0. The van der Waals surface area contributed by atoms with Gasteiger partial charge in [0.2, 0.25) is 15.7 Å². The van der Waals surface area contributed by atoms with Crippen LogP contribution in [0.15, 0.2) is 46.3 Å². The summed E-state index contributed by atoms with van der Waals surface area (Å²) in [6.45, 7) is 3.72. The highest BCUT2D eigenvalue weighted by atomic mass is 32.2. The first-order valence-corrected chi connectivity index (χ1v) is 7.27. The van der Waals surface area contributed by atoms with Crippen molar-refractivity contribution < 1.29 is 13.2 Å². The molecule has 0 radical (unpaired) electrons. The Kier molecular flexibility index (Phi) is 3.57. The SMILES string of the molecule is COc1nc(S(=O)(=O)c2ccc(C)cc2)ccc1C. The molecule has 2 rings (SSSR count). The lowest BCUT2D eigenvalue weighted by Gasteiger charge is -2.07. The van der Waals surface area contributed by atoms with Gasteiger partial charge in [-0.2, -0.15) is 0 Å². The van der Waals surface area contributed by atoms with E-state index < -0.39 is 9.84 Å². The molecule has 0 fully saturated rings. The van der Waals surface area contributed by atoms with E-state index in [9.17, 15) is 8.42 Å². The molecule has 0 atom stereocenters. The molecule has 2 aromatic rings. The lowest BCUT2D eigenvalue weighted by atomic mass is 10.2. The lowest BCUT2D eigenvalue weighted by molar-refractivity contribution is 0.390. The molecular formula is C14H15NO3S. The minimum atomic E-state index is -3.60. The second-order valence-corrected chi connectivity index (χ2v) is 6.19. The van der Waals surface area contributed by atoms with E-state index in [4.69, 9.17) is 4.74 Å². The average Bonchev–Trinajstić information content (AvgIpc) is 2.39. The molecule has 1 aromatic carbocycles. The number of hydrogen-bond acceptors (Lipinski definition) is 4. The van der Waals surface area contributed by atoms with Gasteiger partial charge in [-0.3, -0.25) is 0 Å². The van der Waals surface area contributed by atoms with Crippen molar-refractivity contribution in [1.82, 2.24) is 4.98 Å². The molecule has 4 nitrogen and oxygen atoms in total. The number of hydrogen-bond donors (Lipinski definition) is 0. The van der Waals surface area contributed by atoms with Crippen molar-refractivity contribution in [3.05, 3.63) is 47.5 Å². The molecular weight excluding hydrogens is 262 g/mol. The van der Waals surface area contributed by atoms with Crippen molar-refractivity contribution in [2.24, 2.45) is 0 Å². The molecule has 1 aromatic heterocycles. The molecule has 100 valence electrons. The van der Waals surface area contributed by atoms with E-state index in [1.165, 1.54) is 13.2 Å². The number of nitrogens with zero attached hydrogens (tertiary/aromatic N) is 1. The maximum atomic E-state index is 12.4. The molecule has 5 heteroatoms. The average molecular weight is 277 g/mol. The van der Waals surface area contributed by atoms with Crippen LogP contribution in [-0.2, 0) is 9.84 Å². The fourth-order valence-corrected chi connectivity index (χ4v) is 2.87. The van der Waals surface area contributed by atoms with Crippen molar-refractivity contribution in [3.8, 4) is 5.88 Å². The van der Waals surface area contributed by atoms with Gasteiger partial charge in [-0.1, -0.05) is 23.8 Å². The van der Waals surface area contributed by atoms with Gasteiger partial charge >= 0.3 is 0 Å². The van der Waals surface area contributed by atoms with Crippen LogP contribution in [0.5, 0.6) is 5.88 Å². The highest BCUT2D eigenvalue weighted by Gasteiger charge is 2.20. The van der Waals surface area contributed by atoms with E-state index in [1.807, 2.05) is 13.8 Å². The number of pyridine rings is 1. The van der Waals surface area contributed by atoms with Crippen LogP contribution < -0.4 is 4.74 Å². The van der Waals surface area contributed by atoms with E-state index in [0.29, 0.717) is 5.88 Å². The van der Waals surface area contributed by atoms with Crippen LogP contribution in [0.3, 0.4) is 0 Å². The summed E-state index contributed by atoms with van der Waals surface area (Å²) < 4.78 is 29.9. The molecule has 0 aliphatic heterocycles. The van der Waals surface area contributed by atoms with Gasteiger partial charge in [-0.25, -0.2) is 13.4 Å². The number of rotatable bonds is 3. The van der Waals surface area contributed by atoms with Crippen LogP contribution in [0.25, 0.3) is 0 Å². The van der Waals surface area contributed by atoms with Crippen molar-refractivity contribution in [2.75, 3.05) is 7.11 Å². The Morgan fingerprint density at radius 2 is 1.63 bits per heavy atom. The normalized spacial score (nSPS) is 11.3. The molecule has 0 unspecified atom stereocenters. The largest absolute Gasteiger partial charge is 0.481 e. The molecule has 0 saturated carbocycles. The number of benzene rings is 1. The van der Waals surface area contributed by atoms with Crippen molar-refractivity contribution in [2.45, 2.75) is 23.8 Å². The van der Waals surface area contributed by atoms with Crippen molar-refractivity contribution in [1.29, 1.82) is 0 Å². The van der Waals surface area contributed by atoms with Gasteiger partial charge in [0.05, 0.1) is 12.0 Å². The highest BCUT2D eigenvalue weighted by Crippen LogP contribution is 2.23. The van der Waals surface area contributed by atoms with Crippen LogP contribution in [0, 0.1) is 13.8 Å². The van der Waals surface area contributed by atoms with Crippen LogP contribution in [0.4, 0.5) is 0 Å². The lowest BCUT2D eigenvalue weighted by Crippen LogP contribution is -2.06. The highest BCUT2D eigenvalue weighted by molar-refractivity contribution is 7.91. The Morgan fingerprint density at radius 1 is 1.00 bits per heavy atom. The van der Waals surface area contributed by atoms with E-state index in [2.05, 4.69) is 4.98 Å². The van der Waals surface area contributed by atoms with Gasteiger partial charge in [-0.15, -0.1) is 0 Å². The smallest absolute Gasteiger partial charge is 0.223 e. The first kappa shape index (κ1) is 13.5. The van der Waals surface area contributed by atoms with E-state index in [0.717, 1.165) is 11.1 Å². The summed E-state index contributed by atoms with van der Waals surface area (Å²) >= 11 is 0. The predicted molar refractivity (Wildman–Crippen MR) is 72.2 cm³/mol. The van der Waals surface area contributed by atoms with Crippen molar-refractivity contribution in [3.63, 3.8) is 0 Å². The van der Waals surface area contributed by atoms with E-state index in [1.54, 1.807) is 30.3 Å². The summed E-state index contributed by atoms with van der Waals surface area (Å²) in [5.41, 5.74) is 1.80. The van der Waals surface area contributed by atoms with E-state index in [-0.39, 0.29) is 9.92 Å². The predicted octanol–water partition coefficient (Wildman–Crippen LogP) is 2.54. The number of aromatic nitrogens is 1. The molecule has 1 heterocycles. The number of aryl methyl sites for hydroxylation is 2. The summed E-state index contributed by atoms with van der Waals surface area (Å²) in [5, 5.41) is -0.00111. The third kappa shape index (κ3) is 2.61. The van der Waals surface area contributed by atoms with Gasteiger partial charge in [-0.05, 0) is 32.0 Å².